The first kappa shape index (κ1) is 9.14. The van der Waals surface area contributed by atoms with Gasteiger partial charge in [-0.25, -0.2) is 9.18 Å². The summed E-state index contributed by atoms with van der Waals surface area (Å²) in [5.41, 5.74) is -0.248. The highest BCUT2D eigenvalue weighted by Crippen LogP contribution is 2.10. The number of aromatic carboxylic acids is 1. The van der Waals surface area contributed by atoms with Crippen molar-refractivity contribution < 1.29 is 14.3 Å². The van der Waals surface area contributed by atoms with Crippen LogP contribution in [0.4, 0.5) is 4.39 Å². The second-order valence-corrected chi connectivity index (χ2v) is 3.33. The van der Waals surface area contributed by atoms with E-state index in [-0.39, 0.29) is 5.56 Å². The van der Waals surface area contributed by atoms with Gasteiger partial charge < -0.3 is 5.11 Å². The number of carboxylic acid groups (broad SMARTS) is 1. The Morgan fingerprint density at radius 2 is 2.25 bits per heavy atom. The average Bonchev–Trinajstić information content (AvgIpc) is 2.05. The molecule has 0 radical (unpaired) electrons. The van der Waals surface area contributed by atoms with Crippen LogP contribution in [0.15, 0.2) is 18.2 Å². The highest BCUT2D eigenvalue weighted by atomic mass is 31.1. The average molecular weight is 186 g/mol. The topological polar surface area (TPSA) is 37.3 Å². The van der Waals surface area contributed by atoms with Gasteiger partial charge in [-0.3, -0.25) is 0 Å². The maximum absolute atomic E-state index is 12.8. The van der Waals surface area contributed by atoms with E-state index in [2.05, 4.69) is 0 Å². The van der Waals surface area contributed by atoms with Crippen LogP contribution in [0.2, 0.25) is 0 Å². The number of rotatable bonds is 2. The summed E-state index contributed by atoms with van der Waals surface area (Å²) in [5.74, 6) is -1.89. The summed E-state index contributed by atoms with van der Waals surface area (Å²) in [5, 5.41) is 9.40. The third kappa shape index (κ3) is 1.80. The molecule has 0 saturated heterocycles. The Labute approximate surface area is 71.2 Å². The minimum atomic E-state index is -1.22. The van der Waals surface area contributed by atoms with Gasteiger partial charge in [-0.1, -0.05) is 14.6 Å². The van der Waals surface area contributed by atoms with E-state index in [1.54, 1.807) is 6.07 Å². The molecule has 0 aliphatic heterocycles. The van der Waals surface area contributed by atoms with Gasteiger partial charge in [0.25, 0.3) is 0 Å². The van der Waals surface area contributed by atoms with Gasteiger partial charge in [0, 0.05) is 0 Å². The molecule has 0 spiro atoms. The van der Waals surface area contributed by atoms with Gasteiger partial charge in [-0.15, -0.1) is 0 Å². The van der Waals surface area contributed by atoms with Gasteiger partial charge in [0.15, 0.2) is 0 Å². The quantitative estimate of drug-likeness (QED) is 0.710. The number of benzene rings is 1. The Kier molecular flexibility index (Phi) is 2.77. The minimum absolute atomic E-state index is 0.248. The fourth-order valence-corrected chi connectivity index (χ4v) is 1.38. The first-order chi connectivity index (χ1) is 5.65. The molecule has 12 heavy (non-hydrogen) atoms. The third-order valence-corrected chi connectivity index (χ3v) is 2.37. The molecular weight excluding hydrogens is 178 g/mol. The van der Waals surface area contributed by atoms with Gasteiger partial charge in [0.1, 0.15) is 5.82 Å². The maximum atomic E-state index is 12.8. The molecule has 0 bridgehead atoms. The lowest BCUT2D eigenvalue weighted by atomic mass is 10.2. The summed E-state index contributed by atoms with van der Waals surface area (Å²) in [6.45, 7) is 1.92. The molecule has 0 fully saturated rings. The molecule has 1 atom stereocenters. The largest absolute Gasteiger partial charge is 0.478 e. The number of carboxylic acids is 1. The van der Waals surface area contributed by atoms with E-state index in [0.717, 1.165) is 5.30 Å². The Bertz CT molecular complexity index is 312. The lowest BCUT2D eigenvalue weighted by Crippen LogP contribution is -2.05. The zero-order valence-corrected chi connectivity index (χ0v) is 7.47. The maximum Gasteiger partial charge on any atom is 0.338 e. The van der Waals surface area contributed by atoms with Crippen LogP contribution in [0.5, 0.6) is 0 Å². The van der Waals surface area contributed by atoms with Crippen LogP contribution in [-0.4, -0.2) is 17.7 Å². The van der Waals surface area contributed by atoms with Crippen LogP contribution in [0.1, 0.15) is 10.4 Å². The first-order valence-electron chi connectivity index (χ1n) is 3.35. The molecule has 4 heteroatoms. The lowest BCUT2D eigenvalue weighted by Gasteiger charge is -1.99. The fourth-order valence-electron chi connectivity index (χ4n) is 0.845. The number of halogens is 1. The summed E-state index contributed by atoms with van der Waals surface area (Å²) >= 11 is 0. The van der Waals surface area contributed by atoms with Crippen molar-refractivity contribution in [2.24, 2.45) is 0 Å². The van der Waals surface area contributed by atoms with Crippen LogP contribution < -0.4 is 5.30 Å². The highest BCUT2D eigenvalue weighted by Gasteiger charge is 2.09. The predicted molar refractivity (Wildman–Crippen MR) is 47.2 cm³/mol. The van der Waals surface area contributed by atoms with Crippen molar-refractivity contribution in [1.29, 1.82) is 0 Å². The number of hydrogen-bond acceptors (Lipinski definition) is 1. The molecule has 1 aromatic carbocycles. The number of carbonyl (C=O) groups is 1. The molecule has 1 N–H and O–H groups in total. The second-order valence-electron chi connectivity index (χ2n) is 2.25. The standard InChI is InChI=1S/C8H8FO2P/c1-12-5-2-3-7(9)6(4-5)8(10)11/h2-4,12H,1H3,(H,10,11). The minimum Gasteiger partial charge on any atom is -0.478 e. The summed E-state index contributed by atoms with van der Waals surface area (Å²) < 4.78 is 12.8. The Hall–Kier alpha value is -0.950. The molecular formula is C8H8FO2P. The van der Waals surface area contributed by atoms with Crippen LogP contribution >= 0.6 is 8.58 Å². The molecule has 0 amide bonds. The van der Waals surface area contributed by atoms with Gasteiger partial charge in [-0.2, -0.15) is 0 Å². The molecule has 0 aliphatic carbocycles. The SMILES string of the molecule is CPc1ccc(F)c(C(=O)O)c1. The van der Waals surface area contributed by atoms with E-state index in [4.69, 9.17) is 5.11 Å². The van der Waals surface area contributed by atoms with E-state index >= 15 is 0 Å². The highest BCUT2D eigenvalue weighted by molar-refractivity contribution is 7.46. The Morgan fingerprint density at radius 1 is 1.58 bits per heavy atom. The van der Waals surface area contributed by atoms with Crippen LogP contribution in [-0.2, 0) is 0 Å². The van der Waals surface area contributed by atoms with Crippen LogP contribution in [0, 0.1) is 5.82 Å². The first-order valence-corrected chi connectivity index (χ1v) is 4.85. The van der Waals surface area contributed by atoms with Gasteiger partial charge in [-0.05, 0) is 24.1 Å². The smallest absolute Gasteiger partial charge is 0.338 e. The van der Waals surface area contributed by atoms with Crippen molar-refractivity contribution in [3.8, 4) is 0 Å². The van der Waals surface area contributed by atoms with Crippen molar-refractivity contribution in [2.75, 3.05) is 6.66 Å². The van der Waals surface area contributed by atoms with E-state index in [9.17, 15) is 9.18 Å². The molecule has 1 rings (SSSR count). The van der Waals surface area contributed by atoms with Gasteiger partial charge in [0.05, 0.1) is 5.56 Å². The van der Waals surface area contributed by atoms with E-state index in [1.165, 1.54) is 12.1 Å². The molecule has 64 valence electrons. The Morgan fingerprint density at radius 3 is 2.75 bits per heavy atom. The molecule has 0 aromatic heterocycles. The summed E-state index contributed by atoms with van der Waals surface area (Å²) in [6, 6.07) is 4.16. The fraction of sp³-hybridized carbons (Fsp3) is 0.125. The van der Waals surface area contributed by atoms with Crippen molar-refractivity contribution in [3.05, 3.63) is 29.6 Å². The van der Waals surface area contributed by atoms with Crippen molar-refractivity contribution in [1.82, 2.24) is 0 Å². The molecule has 0 saturated carbocycles. The van der Waals surface area contributed by atoms with E-state index in [0.29, 0.717) is 8.58 Å². The zero-order chi connectivity index (χ0) is 9.14. The molecule has 0 aliphatic rings. The van der Waals surface area contributed by atoms with E-state index < -0.39 is 11.8 Å². The van der Waals surface area contributed by atoms with Crippen molar-refractivity contribution in [2.45, 2.75) is 0 Å². The Balaban J connectivity index is 3.17. The van der Waals surface area contributed by atoms with Gasteiger partial charge >= 0.3 is 5.97 Å². The molecule has 1 unspecified atom stereocenters. The van der Waals surface area contributed by atoms with Crippen LogP contribution in [0.25, 0.3) is 0 Å². The summed E-state index contributed by atoms with van der Waals surface area (Å²) in [7, 11) is 0.485. The third-order valence-electron chi connectivity index (χ3n) is 1.49. The number of hydrogen-bond donors (Lipinski definition) is 1. The molecule has 0 heterocycles. The zero-order valence-electron chi connectivity index (χ0n) is 6.47. The lowest BCUT2D eigenvalue weighted by molar-refractivity contribution is 0.0692. The van der Waals surface area contributed by atoms with Crippen molar-refractivity contribution >= 4 is 19.9 Å². The van der Waals surface area contributed by atoms with Gasteiger partial charge in [0.2, 0.25) is 0 Å². The van der Waals surface area contributed by atoms with E-state index in [1.807, 2.05) is 6.66 Å². The van der Waals surface area contributed by atoms with Crippen molar-refractivity contribution in [3.63, 3.8) is 0 Å². The monoisotopic (exact) mass is 186 g/mol. The second kappa shape index (κ2) is 3.63. The molecule has 1 aromatic rings. The normalized spacial score (nSPS) is 10.8. The predicted octanol–water partition coefficient (Wildman–Crippen LogP) is 1.46. The molecule has 2 nitrogen and oxygen atoms in total. The summed E-state index contributed by atoms with van der Waals surface area (Å²) in [4.78, 5) is 10.5. The van der Waals surface area contributed by atoms with Crippen LogP contribution in [0.3, 0.4) is 0 Å². The summed E-state index contributed by atoms with van der Waals surface area (Å²) in [6.07, 6.45) is 0.